The van der Waals surface area contributed by atoms with Gasteiger partial charge in [0, 0.05) is 13.2 Å². The molecule has 0 amide bonds. The minimum atomic E-state index is -1.37. The zero-order valence-corrected chi connectivity index (χ0v) is 12.6. The van der Waals surface area contributed by atoms with Gasteiger partial charge in [0.15, 0.2) is 0 Å². The molecule has 2 N–H and O–H groups in total. The molecule has 2 aromatic rings. The summed E-state index contributed by atoms with van der Waals surface area (Å²) in [4.78, 5) is 4.11. The SMILES string of the molecule is CC(Oc1nn(C)c2ccnc(N)c12)[Si](C)(C)C. The van der Waals surface area contributed by atoms with E-state index in [1.165, 1.54) is 0 Å². The van der Waals surface area contributed by atoms with E-state index in [0.717, 1.165) is 10.9 Å². The maximum absolute atomic E-state index is 6.00. The zero-order chi connectivity index (χ0) is 13.5. The molecule has 0 aliphatic carbocycles. The number of ether oxygens (including phenoxy) is 1. The Balaban J connectivity index is 2.46. The van der Waals surface area contributed by atoms with Crippen LogP contribution in [0.5, 0.6) is 5.88 Å². The van der Waals surface area contributed by atoms with Gasteiger partial charge in [-0.25, -0.2) is 4.98 Å². The van der Waals surface area contributed by atoms with Gasteiger partial charge in [0.05, 0.1) is 19.3 Å². The van der Waals surface area contributed by atoms with Crippen molar-refractivity contribution in [2.75, 3.05) is 5.73 Å². The Kier molecular flexibility index (Phi) is 3.06. The van der Waals surface area contributed by atoms with E-state index in [2.05, 4.69) is 36.6 Å². The Labute approximate surface area is 108 Å². The molecule has 1 unspecified atom stereocenters. The third-order valence-electron chi connectivity index (χ3n) is 3.27. The number of aryl methyl sites for hydroxylation is 1. The van der Waals surface area contributed by atoms with Crippen LogP contribution >= 0.6 is 0 Å². The summed E-state index contributed by atoms with van der Waals surface area (Å²) in [6, 6.07) is 1.89. The van der Waals surface area contributed by atoms with Crippen molar-refractivity contribution in [1.82, 2.24) is 14.8 Å². The molecule has 6 heteroatoms. The first-order valence-corrected chi connectivity index (χ1v) is 9.62. The molecule has 0 aliphatic rings. The average molecular weight is 264 g/mol. The Morgan fingerprint density at radius 1 is 1.39 bits per heavy atom. The maximum Gasteiger partial charge on any atom is 0.244 e. The number of pyridine rings is 1. The van der Waals surface area contributed by atoms with Gasteiger partial charge in [-0.15, -0.1) is 5.10 Å². The van der Waals surface area contributed by atoms with Crippen molar-refractivity contribution in [3.8, 4) is 5.88 Å². The molecular weight excluding hydrogens is 244 g/mol. The number of nitrogen functional groups attached to an aromatic ring is 1. The highest BCUT2D eigenvalue weighted by Crippen LogP contribution is 2.29. The molecule has 5 nitrogen and oxygen atoms in total. The molecule has 2 aromatic heterocycles. The van der Waals surface area contributed by atoms with E-state index in [0.29, 0.717) is 11.7 Å². The topological polar surface area (TPSA) is 66.0 Å². The Hall–Kier alpha value is -1.56. The lowest BCUT2D eigenvalue weighted by Gasteiger charge is -2.25. The first-order chi connectivity index (χ1) is 8.30. The lowest BCUT2D eigenvalue weighted by molar-refractivity contribution is 0.278. The Morgan fingerprint density at radius 2 is 2.06 bits per heavy atom. The van der Waals surface area contributed by atoms with Gasteiger partial charge in [-0.1, -0.05) is 19.6 Å². The largest absolute Gasteiger partial charge is 0.477 e. The number of nitrogens with zero attached hydrogens (tertiary/aromatic N) is 3. The number of aromatic nitrogens is 3. The van der Waals surface area contributed by atoms with Crippen LogP contribution in [0, 0.1) is 0 Å². The van der Waals surface area contributed by atoms with Crippen molar-refractivity contribution in [3.63, 3.8) is 0 Å². The van der Waals surface area contributed by atoms with Crippen LogP contribution in [0.3, 0.4) is 0 Å². The fourth-order valence-corrected chi connectivity index (χ4v) is 2.09. The molecule has 0 spiro atoms. The second-order valence-electron chi connectivity index (χ2n) is 5.65. The van der Waals surface area contributed by atoms with E-state index in [9.17, 15) is 0 Å². The van der Waals surface area contributed by atoms with Gasteiger partial charge < -0.3 is 10.5 Å². The maximum atomic E-state index is 6.00. The predicted octanol–water partition coefficient (Wildman–Crippen LogP) is 2.20. The molecule has 0 saturated carbocycles. The van der Waals surface area contributed by atoms with Crippen molar-refractivity contribution in [3.05, 3.63) is 12.3 Å². The summed E-state index contributed by atoms with van der Waals surface area (Å²) >= 11 is 0. The van der Waals surface area contributed by atoms with E-state index in [1.54, 1.807) is 10.9 Å². The van der Waals surface area contributed by atoms with Crippen LogP contribution in [-0.2, 0) is 7.05 Å². The first kappa shape index (κ1) is 12.9. The third kappa shape index (κ3) is 2.20. The number of anilines is 1. The number of hydrogen-bond donors (Lipinski definition) is 1. The van der Waals surface area contributed by atoms with Crippen LogP contribution in [0.4, 0.5) is 5.82 Å². The molecule has 0 saturated heterocycles. The summed E-state index contributed by atoms with van der Waals surface area (Å²) in [7, 11) is 0.511. The molecule has 2 heterocycles. The van der Waals surface area contributed by atoms with Gasteiger partial charge in [-0.3, -0.25) is 4.68 Å². The van der Waals surface area contributed by atoms with E-state index >= 15 is 0 Å². The number of fused-ring (bicyclic) bond motifs is 1. The van der Waals surface area contributed by atoms with E-state index < -0.39 is 8.07 Å². The van der Waals surface area contributed by atoms with E-state index in [-0.39, 0.29) is 5.73 Å². The highest BCUT2D eigenvalue weighted by Gasteiger charge is 2.26. The van der Waals surface area contributed by atoms with Crippen LogP contribution in [0.25, 0.3) is 10.9 Å². The van der Waals surface area contributed by atoms with Gasteiger partial charge in [-0.05, 0) is 13.0 Å². The van der Waals surface area contributed by atoms with Crippen molar-refractivity contribution in [2.24, 2.45) is 7.05 Å². The van der Waals surface area contributed by atoms with Gasteiger partial charge in [0.2, 0.25) is 5.88 Å². The first-order valence-electron chi connectivity index (χ1n) is 6.04. The molecule has 2 rings (SSSR count). The fourth-order valence-electron chi connectivity index (χ4n) is 1.62. The van der Waals surface area contributed by atoms with Crippen LogP contribution in [0.1, 0.15) is 6.92 Å². The monoisotopic (exact) mass is 264 g/mol. The van der Waals surface area contributed by atoms with Gasteiger partial charge in [-0.2, -0.15) is 0 Å². The summed E-state index contributed by atoms with van der Waals surface area (Å²) in [5, 5.41) is 5.21. The highest BCUT2D eigenvalue weighted by atomic mass is 28.3. The number of nitrogens with two attached hydrogens (primary N) is 1. The number of hydrogen-bond acceptors (Lipinski definition) is 4. The van der Waals surface area contributed by atoms with Crippen LogP contribution in [0.2, 0.25) is 19.6 Å². The van der Waals surface area contributed by atoms with Crippen molar-refractivity contribution >= 4 is 24.8 Å². The van der Waals surface area contributed by atoms with Crippen molar-refractivity contribution in [2.45, 2.75) is 32.3 Å². The second-order valence-corrected chi connectivity index (χ2v) is 11.2. The minimum absolute atomic E-state index is 0.176. The second kappa shape index (κ2) is 4.27. The van der Waals surface area contributed by atoms with Crippen LogP contribution < -0.4 is 10.5 Å². The van der Waals surface area contributed by atoms with Gasteiger partial charge in [0.25, 0.3) is 0 Å². The molecule has 0 aromatic carbocycles. The van der Waals surface area contributed by atoms with Crippen molar-refractivity contribution < 1.29 is 4.74 Å². The quantitative estimate of drug-likeness (QED) is 0.863. The normalized spacial score (nSPS) is 13.8. The van der Waals surface area contributed by atoms with Gasteiger partial charge >= 0.3 is 0 Å². The number of rotatable bonds is 3. The summed E-state index contributed by atoms with van der Waals surface area (Å²) in [5.41, 5.74) is 7.04. The summed E-state index contributed by atoms with van der Waals surface area (Å²) in [6.45, 7) is 8.90. The van der Waals surface area contributed by atoms with Crippen LogP contribution in [0.15, 0.2) is 12.3 Å². The van der Waals surface area contributed by atoms with E-state index in [1.807, 2.05) is 13.1 Å². The van der Waals surface area contributed by atoms with Crippen LogP contribution in [-0.4, -0.2) is 28.6 Å². The molecule has 0 fully saturated rings. The summed E-state index contributed by atoms with van der Waals surface area (Å²) in [5.74, 6) is 1.06. The average Bonchev–Trinajstić information content (AvgIpc) is 2.56. The Morgan fingerprint density at radius 3 is 2.67 bits per heavy atom. The van der Waals surface area contributed by atoms with Crippen molar-refractivity contribution in [1.29, 1.82) is 0 Å². The zero-order valence-electron chi connectivity index (χ0n) is 11.6. The molecule has 1 atom stereocenters. The predicted molar refractivity (Wildman–Crippen MR) is 76.4 cm³/mol. The fraction of sp³-hybridized carbons (Fsp3) is 0.500. The van der Waals surface area contributed by atoms with Gasteiger partial charge in [0.1, 0.15) is 11.2 Å². The smallest absolute Gasteiger partial charge is 0.244 e. The molecule has 0 bridgehead atoms. The summed E-state index contributed by atoms with van der Waals surface area (Å²) in [6.07, 6.45) is 1.69. The molecule has 0 aliphatic heterocycles. The molecule has 98 valence electrons. The lowest BCUT2D eigenvalue weighted by atomic mass is 10.3. The van der Waals surface area contributed by atoms with E-state index in [4.69, 9.17) is 10.5 Å². The molecule has 0 radical (unpaired) electrons. The molecule has 18 heavy (non-hydrogen) atoms. The third-order valence-corrected chi connectivity index (χ3v) is 5.83. The standard InChI is InChI=1S/C12H20N4OSi/c1-8(18(3,4)5)17-12-10-9(16(2)15-12)6-7-14-11(10)13/h6-8H,1-5H3,(H2,13,14). The summed E-state index contributed by atoms with van der Waals surface area (Å²) < 4.78 is 7.78. The minimum Gasteiger partial charge on any atom is -0.477 e. The molecular formula is C12H20N4OSi. The highest BCUT2D eigenvalue weighted by molar-refractivity contribution is 6.77. The lowest BCUT2D eigenvalue weighted by Crippen LogP contribution is -2.40. The Bertz CT molecular complexity index is 573.